The van der Waals surface area contributed by atoms with E-state index in [9.17, 15) is 18.3 Å². The van der Waals surface area contributed by atoms with Crippen molar-refractivity contribution in [2.24, 2.45) is 34.5 Å². The first-order valence-corrected chi connectivity index (χ1v) is 11.5. The second-order valence-electron chi connectivity index (χ2n) is 9.63. The molecular formula is C24H41F3O. The SMILES string of the molecule is CC.CCC1CCC2C3CC=C4CC(O)CCC4(C)C3CCC12C.FC(F)F. The molecule has 0 amide bonds. The number of hydrogen-bond donors (Lipinski definition) is 1. The van der Waals surface area contributed by atoms with E-state index in [-0.39, 0.29) is 6.10 Å². The molecule has 4 heteroatoms. The maximum atomic E-state index is 10.1. The van der Waals surface area contributed by atoms with Gasteiger partial charge in [-0.25, -0.2) is 0 Å². The molecule has 4 aliphatic rings. The highest BCUT2D eigenvalue weighted by molar-refractivity contribution is 5.25. The quantitative estimate of drug-likeness (QED) is 0.449. The molecule has 164 valence electrons. The number of aliphatic hydroxyl groups is 1. The lowest BCUT2D eigenvalue weighted by molar-refractivity contribution is -0.0500. The van der Waals surface area contributed by atoms with Crippen molar-refractivity contribution in [3.63, 3.8) is 0 Å². The lowest BCUT2D eigenvalue weighted by Gasteiger charge is -2.58. The van der Waals surface area contributed by atoms with Crippen molar-refractivity contribution in [1.29, 1.82) is 0 Å². The molecule has 1 N–H and O–H groups in total. The van der Waals surface area contributed by atoms with Gasteiger partial charge in [0.25, 0.3) is 0 Å². The van der Waals surface area contributed by atoms with Crippen molar-refractivity contribution in [3.8, 4) is 0 Å². The third-order valence-electron chi connectivity index (χ3n) is 8.77. The first-order valence-electron chi connectivity index (χ1n) is 11.5. The van der Waals surface area contributed by atoms with Crippen LogP contribution >= 0.6 is 0 Å². The fraction of sp³-hybridized carbons (Fsp3) is 0.917. The third-order valence-corrected chi connectivity index (χ3v) is 8.77. The summed E-state index contributed by atoms with van der Waals surface area (Å²) in [6.07, 6.45) is 14.3. The van der Waals surface area contributed by atoms with Crippen LogP contribution in [0.1, 0.15) is 92.4 Å². The van der Waals surface area contributed by atoms with Gasteiger partial charge in [-0.2, -0.15) is 13.2 Å². The molecule has 0 radical (unpaired) electrons. The van der Waals surface area contributed by atoms with E-state index >= 15 is 0 Å². The van der Waals surface area contributed by atoms with Gasteiger partial charge in [-0.15, -0.1) is 0 Å². The molecule has 4 aliphatic carbocycles. The van der Waals surface area contributed by atoms with Gasteiger partial charge in [-0.05, 0) is 85.9 Å². The molecule has 0 heterocycles. The van der Waals surface area contributed by atoms with Crippen LogP contribution in [0.2, 0.25) is 0 Å². The van der Waals surface area contributed by atoms with Crippen LogP contribution in [0.4, 0.5) is 13.2 Å². The fourth-order valence-electron chi connectivity index (χ4n) is 7.42. The molecule has 4 rings (SSSR count). The van der Waals surface area contributed by atoms with Crippen molar-refractivity contribution in [2.45, 2.75) is 105 Å². The van der Waals surface area contributed by atoms with Crippen molar-refractivity contribution in [2.75, 3.05) is 0 Å². The first-order chi connectivity index (χ1) is 13.2. The average molecular weight is 403 g/mol. The monoisotopic (exact) mass is 402 g/mol. The number of hydrogen-bond acceptors (Lipinski definition) is 1. The Balaban J connectivity index is 0.000000419. The van der Waals surface area contributed by atoms with Crippen molar-refractivity contribution in [3.05, 3.63) is 11.6 Å². The second kappa shape index (κ2) is 9.53. The van der Waals surface area contributed by atoms with Crippen LogP contribution in [0, 0.1) is 34.5 Å². The number of fused-ring (bicyclic) bond motifs is 5. The van der Waals surface area contributed by atoms with Crippen LogP contribution in [0.25, 0.3) is 0 Å². The number of rotatable bonds is 1. The van der Waals surface area contributed by atoms with E-state index in [1.165, 1.54) is 44.9 Å². The van der Waals surface area contributed by atoms with Crippen LogP contribution in [0.5, 0.6) is 0 Å². The molecule has 28 heavy (non-hydrogen) atoms. The van der Waals surface area contributed by atoms with Gasteiger partial charge < -0.3 is 5.11 Å². The topological polar surface area (TPSA) is 20.2 Å². The van der Waals surface area contributed by atoms with Gasteiger partial charge in [0.15, 0.2) is 0 Å². The molecule has 0 aromatic heterocycles. The molecular weight excluding hydrogens is 361 g/mol. The zero-order valence-electron chi connectivity index (χ0n) is 18.5. The summed E-state index contributed by atoms with van der Waals surface area (Å²) in [6, 6.07) is 0. The highest BCUT2D eigenvalue weighted by Gasteiger charge is 2.57. The lowest BCUT2D eigenvalue weighted by Crippen LogP contribution is -2.50. The van der Waals surface area contributed by atoms with E-state index in [0.717, 1.165) is 36.5 Å². The van der Waals surface area contributed by atoms with Gasteiger partial charge >= 0.3 is 6.68 Å². The summed E-state index contributed by atoms with van der Waals surface area (Å²) in [5, 5.41) is 10.1. The highest BCUT2D eigenvalue weighted by atomic mass is 19.4. The summed E-state index contributed by atoms with van der Waals surface area (Å²) in [5.41, 5.74) is 2.65. The first kappa shape index (κ1) is 23.8. The standard InChI is InChI=1S/C21H34O.C2H6.CHF3/c1-4-14-6-8-18-17-7-5-15-13-16(22)9-11-21(15,3)19(17)10-12-20(14,18)2;1-2;2-1(3)4/h5,14,16-19,22H,4,6-13H2,1-3H3;1-2H3;1H. The van der Waals surface area contributed by atoms with E-state index in [2.05, 4.69) is 26.8 Å². The van der Waals surface area contributed by atoms with E-state index in [4.69, 9.17) is 0 Å². The number of alkyl halides is 3. The maximum Gasteiger partial charge on any atom is 0.379 e. The van der Waals surface area contributed by atoms with Crippen LogP contribution in [0.15, 0.2) is 11.6 Å². The molecule has 3 fully saturated rings. The molecule has 3 saturated carbocycles. The van der Waals surface area contributed by atoms with Crippen LogP contribution < -0.4 is 0 Å². The van der Waals surface area contributed by atoms with E-state index in [1.54, 1.807) is 5.57 Å². The summed E-state index contributed by atoms with van der Waals surface area (Å²) in [7, 11) is 0. The average Bonchev–Trinajstić information content (AvgIpc) is 3.00. The largest absolute Gasteiger partial charge is 0.393 e. The smallest absolute Gasteiger partial charge is 0.379 e. The van der Waals surface area contributed by atoms with Gasteiger partial charge in [-0.3, -0.25) is 0 Å². The van der Waals surface area contributed by atoms with E-state index in [0.29, 0.717) is 10.8 Å². The van der Waals surface area contributed by atoms with Gasteiger partial charge in [0.1, 0.15) is 0 Å². The minimum Gasteiger partial charge on any atom is -0.393 e. The normalized spacial score (nSPS) is 44.1. The highest BCUT2D eigenvalue weighted by Crippen LogP contribution is 2.66. The summed E-state index contributed by atoms with van der Waals surface area (Å²) < 4.78 is 29.0. The predicted molar refractivity (Wildman–Crippen MR) is 110 cm³/mol. The summed E-state index contributed by atoms with van der Waals surface area (Å²) in [4.78, 5) is 0. The number of aliphatic hydroxyl groups excluding tert-OH is 1. The Morgan fingerprint density at radius 1 is 1.04 bits per heavy atom. The summed E-state index contributed by atoms with van der Waals surface area (Å²) in [6.45, 7) is 7.91. The van der Waals surface area contributed by atoms with Gasteiger partial charge in [-0.1, -0.05) is 52.7 Å². The Morgan fingerprint density at radius 3 is 2.29 bits per heavy atom. The lowest BCUT2D eigenvalue weighted by atomic mass is 9.47. The molecule has 1 nitrogen and oxygen atoms in total. The maximum absolute atomic E-state index is 10.1. The van der Waals surface area contributed by atoms with Crippen molar-refractivity contribution in [1.82, 2.24) is 0 Å². The van der Waals surface area contributed by atoms with Gasteiger partial charge in [0.05, 0.1) is 6.10 Å². The van der Waals surface area contributed by atoms with Crippen LogP contribution in [0.3, 0.4) is 0 Å². The molecule has 7 atom stereocenters. The Kier molecular flexibility index (Phi) is 8.09. The molecule has 0 aliphatic heterocycles. The Morgan fingerprint density at radius 2 is 1.68 bits per heavy atom. The Labute approximate surface area is 170 Å². The molecule has 0 spiro atoms. The van der Waals surface area contributed by atoms with Crippen molar-refractivity contribution >= 4 is 0 Å². The Hall–Kier alpha value is -0.510. The molecule has 0 saturated heterocycles. The molecule has 0 aromatic carbocycles. The predicted octanol–water partition coefficient (Wildman–Crippen LogP) is 7.54. The minimum absolute atomic E-state index is 0.0688. The fourth-order valence-corrected chi connectivity index (χ4v) is 7.42. The molecule has 0 bridgehead atoms. The van der Waals surface area contributed by atoms with Gasteiger partial charge in [0, 0.05) is 0 Å². The molecule has 7 unspecified atom stereocenters. The molecule has 0 aromatic rings. The van der Waals surface area contributed by atoms with Crippen molar-refractivity contribution < 1.29 is 18.3 Å². The van der Waals surface area contributed by atoms with Crippen LogP contribution in [-0.4, -0.2) is 17.9 Å². The zero-order valence-corrected chi connectivity index (χ0v) is 18.5. The minimum atomic E-state index is -3.67. The Bertz CT molecular complexity index is 531. The zero-order chi connectivity index (χ0) is 21.1. The van der Waals surface area contributed by atoms with Crippen LogP contribution in [-0.2, 0) is 0 Å². The van der Waals surface area contributed by atoms with E-state index < -0.39 is 6.68 Å². The third kappa shape index (κ3) is 4.32. The summed E-state index contributed by atoms with van der Waals surface area (Å²) >= 11 is 0. The van der Waals surface area contributed by atoms with E-state index in [1.807, 2.05) is 13.8 Å². The summed E-state index contributed by atoms with van der Waals surface area (Å²) in [5.74, 6) is 3.77. The van der Waals surface area contributed by atoms with Gasteiger partial charge in [0.2, 0.25) is 0 Å². The second-order valence-corrected chi connectivity index (χ2v) is 9.63. The number of halogens is 3. The number of allylic oxidation sites excluding steroid dienone is 1.